The van der Waals surface area contributed by atoms with Crippen molar-refractivity contribution < 1.29 is 8.91 Å². The van der Waals surface area contributed by atoms with E-state index in [1.165, 1.54) is 6.07 Å². The maximum Gasteiger partial charge on any atom is 0.258 e. The second-order valence-corrected chi connectivity index (χ2v) is 4.55. The highest BCUT2D eigenvalue weighted by molar-refractivity contribution is 5.85. The number of aryl methyl sites for hydroxylation is 1. The van der Waals surface area contributed by atoms with Gasteiger partial charge in [-0.15, -0.1) is 24.8 Å². The van der Waals surface area contributed by atoms with Gasteiger partial charge in [-0.1, -0.05) is 5.16 Å². The fourth-order valence-electron chi connectivity index (χ4n) is 2.22. The molecule has 116 valence electrons. The molecule has 0 radical (unpaired) electrons. The minimum absolute atomic E-state index is 0. The third kappa shape index (κ3) is 3.84. The van der Waals surface area contributed by atoms with Crippen LogP contribution in [0.1, 0.15) is 5.82 Å². The summed E-state index contributed by atoms with van der Waals surface area (Å²) in [6.07, 6.45) is 0. The molecule has 1 N–H and O–H groups in total. The molecule has 1 aliphatic heterocycles. The number of aromatic nitrogens is 2. The van der Waals surface area contributed by atoms with E-state index < -0.39 is 0 Å². The van der Waals surface area contributed by atoms with Crippen molar-refractivity contribution in [3.05, 3.63) is 29.8 Å². The Morgan fingerprint density at radius 1 is 1.24 bits per heavy atom. The minimum Gasteiger partial charge on any atom is -0.367 e. The van der Waals surface area contributed by atoms with Gasteiger partial charge in [-0.2, -0.15) is 4.98 Å². The Kier molecular flexibility index (Phi) is 6.39. The van der Waals surface area contributed by atoms with Crippen molar-refractivity contribution in [2.45, 2.75) is 6.92 Å². The van der Waals surface area contributed by atoms with Gasteiger partial charge >= 0.3 is 0 Å². The molecule has 0 bridgehead atoms. The number of benzene rings is 1. The monoisotopic (exact) mass is 334 g/mol. The number of hydrogen-bond donors (Lipinski definition) is 1. The Balaban J connectivity index is 0.00000110. The molecule has 1 aromatic carbocycles. The number of nitrogens with zero attached hydrogens (tertiary/aromatic N) is 3. The van der Waals surface area contributed by atoms with Crippen molar-refractivity contribution in [1.29, 1.82) is 0 Å². The van der Waals surface area contributed by atoms with Gasteiger partial charge in [0.15, 0.2) is 5.82 Å². The SMILES string of the molecule is Cc1noc(-c2ccc(N3CCNCC3)c(F)c2)n1.Cl.Cl. The molecule has 8 heteroatoms. The van der Waals surface area contributed by atoms with Crippen molar-refractivity contribution >= 4 is 30.5 Å². The van der Waals surface area contributed by atoms with E-state index in [2.05, 4.69) is 15.5 Å². The number of anilines is 1. The first-order chi connectivity index (χ1) is 9.24. The molecule has 1 fully saturated rings. The molecular weight excluding hydrogens is 318 g/mol. The lowest BCUT2D eigenvalue weighted by Gasteiger charge is -2.29. The molecule has 2 heterocycles. The summed E-state index contributed by atoms with van der Waals surface area (Å²) in [6.45, 7) is 5.12. The van der Waals surface area contributed by atoms with E-state index in [0.717, 1.165) is 26.2 Å². The van der Waals surface area contributed by atoms with Crippen LogP contribution in [0, 0.1) is 12.7 Å². The molecule has 0 amide bonds. The van der Waals surface area contributed by atoms with Crippen LogP contribution in [0.25, 0.3) is 11.5 Å². The fraction of sp³-hybridized carbons (Fsp3) is 0.385. The summed E-state index contributed by atoms with van der Waals surface area (Å²) in [5, 5.41) is 6.95. The molecule has 1 saturated heterocycles. The van der Waals surface area contributed by atoms with Crippen LogP contribution < -0.4 is 10.2 Å². The lowest BCUT2D eigenvalue weighted by molar-refractivity contribution is 0.425. The van der Waals surface area contributed by atoms with E-state index in [9.17, 15) is 4.39 Å². The number of rotatable bonds is 2. The van der Waals surface area contributed by atoms with Crippen molar-refractivity contribution in [1.82, 2.24) is 15.5 Å². The van der Waals surface area contributed by atoms with Crippen molar-refractivity contribution in [3.63, 3.8) is 0 Å². The molecule has 0 unspecified atom stereocenters. The van der Waals surface area contributed by atoms with Crippen LogP contribution in [-0.4, -0.2) is 36.3 Å². The Labute approximate surface area is 134 Å². The zero-order valence-electron chi connectivity index (χ0n) is 11.5. The van der Waals surface area contributed by atoms with Gasteiger partial charge in [-0.05, 0) is 25.1 Å². The molecule has 0 atom stereocenters. The number of piperazine rings is 1. The standard InChI is InChI=1S/C13H15FN4O.2ClH/c1-9-16-13(19-17-9)10-2-3-12(11(14)8-10)18-6-4-15-5-7-18;;/h2-3,8,15H,4-7H2,1H3;2*1H. The van der Waals surface area contributed by atoms with Gasteiger partial charge in [0.2, 0.25) is 0 Å². The zero-order valence-corrected chi connectivity index (χ0v) is 13.1. The Morgan fingerprint density at radius 3 is 2.52 bits per heavy atom. The molecule has 21 heavy (non-hydrogen) atoms. The topological polar surface area (TPSA) is 54.2 Å². The highest BCUT2D eigenvalue weighted by Gasteiger charge is 2.16. The van der Waals surface area contributed by atoms with Gasteiger partial charge in [-0.25, -0.2) is 4.39 Å². The lowest BCUT2D eigenvalue weighted by Crippen LogP contribution is -2.43. The summed E-state index contributed by atoms with van der Waals surface area (Å²) in [7, 11) is 0. The van der Waals surface area contributed by atoms with Crippen LogP contribution in [0.2, 0.25) is 0 Å². The molecule has 0 saturated carbocycles. The van der Waals surface area contributed by atoms with E-state index in [0.29, 0.717) is 23.0 Å². The summed E-state index contributed by atoms with van der Waals surface area (Å²) < 4.78 is 19.2. The Bertz CT molecular complexity index is 587. The van der Waals surface area contributed by atoms with Crippen molar-refractivity contribution in [2.24, 2.45) is 0 Å². The van der Waals surface area contributed by atoms with Gasteiger partial charge in [0.25, 0.3) is 5.89 Å². The molecule has 0 spiro atoms. The predicted molar refractivity (Wildman–Crippen MR) is 84.0 cm³/mol. The van der Waals surface area contributed by atoms with Gasteiger partial charge < -0.3 is 14.7 Å². The smallest absolute Gasteiger partial charge is 0.258 e. The normalized spacial score (nSPS) is 14.3. The van der Waals surface area contributed by atoms with Crippen LogP contribution >= 0.6 is 24.8 Å². The van der Waals surface area contributed by atoms with Crippen LogP contribution in [-0.2, 0) is 0 Å². The summed E-state index contributed by atoms with van der Waals surface area (Å²) in [6, 6.07) is 5.03. The van der Waals surface area contributed by atoms with E-state index in [4.69, 9.17) is 4.52 Å². The molecule has 1 aromatic heterocycles. The van der Waals surface area contributed by atoms with Crippen LogP contribution in [0.4, 0.5) is 10.1 Å². The van der Waals surface area contributed by atoms with E-state index in [1.807, 2.05) is 11.0 Å². The molecule has 2 aromatic rings. The maximum atomic E-state index is 14.2. The second kappa shape index (κ2) is 7.59. The Morgan fingerprint density at radius 2 is 1.95 bits per heavy atom. The molecular formula is C13H17Cl2FN4O. The number of nitrogens with one attached hydrogen (secondary N) is 1. The van der Waals surface area contributed by atoms with Gasteiger partial charge in [-0.3, -0.25) is 0 Å². The summed E-state index contributed by atoms with van der Waals surface area (Å²) >= 11 is 0. The highest BCUT2D eigenvalue weighted by Crippen LogP contribution is 2.25. The van der Waals surface area contributed by atoms with E-state index in [-0.39, 0.29) is 30.6 Å². The third-order valence-electron chi connectivity index (χ3n) is 3.18. The first-order valence-electron chi connectivity index (χ1n) is 6.30. The number of hydrogen-bond acceptors (Lipinski definition) is 5. The minimum atomic E-state index is -0.254. The molecule has 0 aliphatic carbocycles. The maximum absolute atomic E-state index is 14.2. The lowest BCUT2D eigenvalue weighted by atomic mass is 10.1. The third-order valence-corrected chi connectivity index (χ3v) is 3.18. The molecule has 1 aliphatic rings. The second-order valence-electron chi connectivity index (χ2n) is 4.55. The van der Waals surface area contributed by atoms with Crippen molar-refractivity contribution in [3.8, 4) is 11.5 Å². The fourth-order valence-corrected chi connectivity index (χ4v) is 2.22. The summed E-state index contributed by atoms with van der Waals surface area (Å²) in [4.78, 5) is 6.13. The van der Waals surface area contributed by atoms with E-state index >= 15 is 0 Å². The van der Waals surface area contributed by atoms with Crippen LogP contribution in [0.3, 0.4) is 0 Å². The zero-order chi connectivity index (χ0) is 13.2. The average molecular weight is 335 g/mol. The van der Waals surface area contributed by atoms with Crippen LogP contribution in [0.5, 0.6) is 0 Å². The van der Waals surface area contributed by atoms with E-state index in [1.54, 1.807) is 13.0 Å². The van der Waals surface area contributed by atoms with Gasteiger partial charge in [0.1, 0.15) is 5.82 Å². The largest absolute Gasteiger partial charge is 0.367 e. The number of halogens is 3. The predicted octanol–water partition coefficient (Wildman–Crippen LogP) is 2.44. The first-order valence-corrected chi connectivity index (χ1v) is 6.30. The summed E-state index contributed by atoms with van der Waals surface area (Å²) in [5.74, 6) is 0.639. The summed E-state index contributed by atoms with van der Waals surface area (Å²) in [5.41, 5.74) is 1.23. The van der Waals surface area contributed by atoms with Crippen LogP contribution in [0.15, 0.2) is 22.7 Å². The quantitative estimate of drug-likeness (QED) is 0.914. The molecule has 5 nitrogen and oxygen atoms in total. The Hall–Kier alpha value is -1.37. The highest BCUT2D eigenvalue weighted by atomic mass is 35.5. The van der Waals surface area contributed by atoms with Gasteiger partial charge in [0.05, 0.1) is 5.69 Å². The first kappa shape index (κ1) is 17.7. The van der Waals surface area contributed by atoms with Crippen molar-refractivity contribution in [2.75, 3.05) is 31.1 Å². The average Bonchev–Trinajstić information content (AvgIpc) is 2.86. The van der Waals surface area contributed by atoms with Gasteiger partial charge in [0, 0.05) is 31.7 Å². The molecule has 3 rings (SSSR count).